The molecule has 1 heterocycles. The summed E-state index contributed by atoms with van der Waals surface area (Å²) in [5.74, 6) is 1.87. The van der Waals surface area contributed by atoms with Gasteiger partial charge in [-0.1, -0.05) is 36.4 Å². The van der Waals surface area contributed by atoms with Crippen molar-refractivity contribution in [2.24, 2.45) is 0 Å². The first-order valence-electron chi connectivity index (χ1n) is 9.47. The number of benzene rings is 3. The maximum absolute atomic E-state index is 11.2. The zero-order valence-corrected chi connectivity index (χ0v) is 16.2. The van der Waals surface area contributed by atoms with Crippen LogP contribution in [0.5, 0.6) is 17.2 Å². The van der Waals surface area contributed by atoms with Crippen LogP contribution in [0.25, 0.3) is 10.8 Å². The van der Waals surface area contributed by atoms with Crippen LogP contribution in [0.3, 0.4) is 0 Å². The Kier molecular flexibility index (Phi) is 5.37. The van der Waals surface area contributed by atoms with Crippen LogP contribution in [0.1, 0.15) is 17.2 Å². The minimum absolute atomic E-state index is 0.0644. The minimum atomic E-state index is -0.0644. The third-order valence-electron chi connectivity index (χ3n) is 5.38. The molecule has 0 aromatic heterocycles. The lowest BCUT2D eigenvalue weighted by Crippen LogP contribution is -2.39. The molecule has 0 spiro atoms. The van der Waals surface area contributed by atoms with E-state index in [-0.39, 0.29) is 6.04 Å². The van der Waals surface area contributed by atoms with Crippen LogP contribution in [0.2, 0.25) is 0 Å². The Balaban J connectivity index is 1.84. The summed E-state index contributed by atoms with van der Waals surface area (Å²) in [7, 11) is 3.31. The van der Waals surface area contributed by atoms with Gasteiger partial charge in [0.25, 0.3) is 0 Å². The number of methoxy groups -OCH3 is 2. The smallest absolute Gasteiger partial charge is 0.128 e. The third kappa shape index (κ3) is 3.39. The molecule has 1 unspecified atom stereocenters. The average molecular weight is 379 g/mol. The molecule has 1 N–H and O–H groups in total. The van der Waals surface area contributed by atoms with Gasteiger partial charge in [0, 0.05) is 29.4 Å². The number of phenols is 1. The Labute approximate surface area is 165 Å². The maximum atomic E-state index is 11.2. The fourth-order valence-corrected chi connectivity index (χ4v) is 3.94. The van der Waals surface area contributed by atoms with E-state index in [0.29, 0.717) is 19.0 Å². The van der Waals surface area contributed by atoms with Crippen molar-refractivity contribution >= 4 is 10.8 Å². The lowest BCUT2D eigenvalue weighted by atomic mass is 9.93. The van der Waals surface area contributed by atoms with Crippen LogP contribution in [0.4, 0.5) is 0 Å². The van der Waals surface area contributed by atoms with Crippen LogP contribution < -0.4 is 9.47 Å². The van der Waals surface area contributed by atoms with Gasteiger partial charge in [-0.3, -0.25) is 4.90 Å². The third-order valence-corrected chi connectivity index (χ3v) is 5.38. The topological polar surface area (TPSA) is 51.2 Å². The van der Waals surface area contributed by atoms with E-state index in [0.717, 1.165) is 46.5 Å². The summed E-state index contributed by atoms with van der Waals surface area (Å²) in [5.41, 5.74) is 1.99. The first kappa shape index (κ1) is 18.6. The number of phenolic OH excluding ortho intramolecular Hbond substituents is 1. The Morgan fingerprint density at radius 3 is 2.32 bits per heavy atom. The first-order chi connectivity index (χ1) is 13.7. The molecular formula is C23H25NO4. The molecule has 0 bridgehead atoms. The fraction of sp³-hybridized carbons (Fsp3) is 0.304. The lowest BCUT2D eigenvalue weighted by molar-refractivity contribution is 0.0236. The fourth-order valence-electron chi connectivity index (χ4n) is 3.94. The van der Waals surface area contributed by atoms with Crippen LogP contribution >= 0.6 is 0 Å². The molecule has 3 aromatic rings. The predicted molar refractivity (Wildman–Crippen MR) is 109 cm³/mol. The highest BCUT2D eigenvalue weighted by Crippen LogP contribution is 2.41. The molecule has 1 aliphatic heterocycles. The predicted octanol–water partition coefficient (Wildman–Crippen LogP) is 3.98. The molecule has 0 radical (unpaired) electrons. The first-order valence-corrected chi connectivity index (χ1v) is 9.47. The number of morpholine rings is 1. The molecule has 28 heavy (non-hydrogen) atoms. The zero-order valence-electron chi connectivity index (χ0n) is 16.2. The van der Waals surface area contributed by atoms with Crippen molar-refractivity contribution in [3.05, 3.63) is 65.7 Å². The van der Waals surface area contributed by atoms with Crippen LogP contribution in [0.15, 0.2) is 54.6 Å². The Morgan fingerprint density at radius 1 is 0.893 bits per heavy atom. The Bertz CT molecular complexity index is 949. The van der Waals surface area contributed by atoms with Crippen molar-refractivity contribution in [2.45, 2.75) is 6.04 Å². The standard InChI is InChI=1S/C23H25NO4/c1-26-17-8-6-16(7-9-17)22(24-12-14-28-15-13-24)20-11-10-18-19(23(20)25)4-3-5-21(18)27-2/h3-11,22,25H,12-15H2,1-2H3. The molecule has 5 heteroatoms. The van der Waals surface area contributed by atoms with Gasteiger partial charge in [-0.05, 0) is 23.8 Å². The number of hydrogen-bond donors (Lipinski definition) is 1. The van der Waals surface area contributed by atoms with Gasteiger partial charge in [-0.2, -0.15) is 0 Å². The number of ether oxygens (including phenoxy) is 3. The van der Waals surface area contributed by atoms with Gasteiger partial charge in [-0.15, -0.1) is 0 Å². The number of hydrogen-bond acceptors (Lipinski definition) is 5. The second-order valence-electron chi connectivity index (χ2n) is 6.88. The van der Waals surface area contributed by atoms with Crippen LogP contribution in [-0.4, -0.2) is 50.5 Å². The molecular weight excluding hydrogens is 354 g/mol. The molecule has 0 saturated carbocycles. The van der Waals surface area contributed by atoms with Gasteiger partial charge >= 0.3 is 0 Å². The molecule has 1 aliphatic rings. The van der Waals surface area contributed by atoms with Gasteiger partial charge in [0.15, 0.2) is 0 Å². The van der Waals surface area contributed by atoms with Gasteiger partial charge in [0.1, 0.15) is 17.2 Å². The van der Waals surface area contributed by atoms with E-state index in [1.807, 2.05) is 42.5 Å². The molecule has 1 saturated heterocycles. The number of rotatable bonds is 5. The van der Waals surface area contributed by atoms with Gasteiger partial charge < -0.3 is 19.3 Å². The molecule has 3 aromatic carbocycles. The van der Waals surface area contributed by atoms with E-state index in [2.05, 4.69) is 17.0 Å². The molecule has 1 fully saturated rings. The second-order valence-corrected chi connectivity index (χ2v) is 6.88. The van der Waals surface area contributed by atoms with Crippen LogP contribution in [0, 0.1) is 0 Å². The van der Waals surface area contributed by atoms with Crippen molar-refractivity contribution in [3.8, 4) is 17.2 Å². The summed E-state index contributed by atoms with van der Waals surface area (Å²) in [4.78, 5) is 2.35. The Morgan fingerprint density at radius 2 is 1.64 bits per heavy atom. The SMILES string of the molecule is COc1ccc(C(c2ccc3c(OC)cccc3c2O)N2CCOCC2)cc1. The van der Waals surface area contributed by atoms with E-state index in [1.54, 1.807) is 14.2 Å². The van der Waals surface area contributed by atoms with Crippen molar-refractivity contribution in [1.82, 2.24) is 4.90 Å². The summed E-state index contributed by atoms with van der Waals surface area (Å²) in [5, 5.41) is 12.9. The molecule has 146 valence electrons. The number of nitrogens with zero attached hydrogens (tertiary/aromatic N) is 1. The average Bonchev–Trinajstić information content (AvgIpc) is 2.76. The quantitative estimate of drug-likeness (QED) is 0.727. The Hall–Kier alpha value is -2.76. The zero-order chi connectivity index (χ0) is 19.5. The van der Waals surface area contributed by atoms with Gasteiger partial charge in [0.05, 0.1) is 33.5 Å². The number of aromatic hydroxyl groups is 1. The monoisotopic (exact) mass is 379 g/mol. The molecule has 0 aliphatic carbocycles. The van der Waals surface area contributed by atoms with Crippen molar-refractivity contribution < 1.29 is 19.3 Å². The minimum Gasteiger partial charge on any atom is -0.507 e. The largest absolute Gasteiger partial charge is 0.507 e. The van der Waals surface area contributed by atoms with Crippen LogP contribution in [-0.2, 0) is 4.74 Å². The van der Waals surface area contributed by atoms with E-state index in [4.69, 9.17) is 14.2 Å². The number of fused-ring (bicyclic) bond motifs is 1. The van der Waals surface area contributed by atoms with Crippen molar-refractivity contribution in [3.63, 3.8) is 0 Å². The highest BCUT2D eigenvalue weighted by atomic mass is 16.5. The summed E-state index contributed by atoms with van der Waals surface area (Å²) < 4.78 is 16.3. The maximum Gasteiger partial charge on any atom is 0.128 e. The molecule has 0 amide bonds. The van der Waals surface area contributed by atoms with E-state index < -0.39 is 0 Å². The van der Waals surface area contributed by atoms with Gasteiger partial charge in [-0.25, -0.2) is 0 Å². The van der Waals surface area contributed by atoms with Crippen molar-refractivity contribution in [1.29, 1.82) is 0 Å². The lowest BCUT2D eigenvalue weighted by Gasteiger charge is -2.35. The summed E-state index contributed by atoms with van der Waals surface area (Å²) >= 11 is 0. The van der Waals surface area contributed by atoms with E-state index in [1.165, 1.54) is 0 Å². The normalized spacial score (nSPS) is 16.1. The highest BCUT2D eigenvalue weighted by Gasteiger charge is 2.27. The molecule has 1 atom stereocenters. The van der Waals surface area contributed by atoms with E-state index >= 15 is 0 Å². The van der Waals surface area contributed by atoms with E-state index in [9.17, 15) is 5.11 Å². The summed E-state index contributed by atoms with van der Waals surface area (Å²) in [6.45, 7) is 3.00. The second kappa shape index (κ2) is 8.09. The summed E-state index contributed by atoms with van der Waals surface area (Å²) in [6, 6.07) is 17.8. The highest BCUT2D eigenvalue weighted by molar-refractivity contribution is 5.94. The summed E-state index contributed by atoms with van der Waals surface area (Å²) in [6.07, 6.45) is 0. The van der Waals surface area contributed by atoms with Gasteiger partial charge in [0.2, 0.25) is 0 Å². The van der Waals surface area contributed by atoms with Crippen molar-refractivity contribution in [2.75, 3.05) is 40.5 Å². The molecule has 5 nitrogen and oxygen atoms in total. The molecule has 4 rings (SSSR count).